The second-order valence-corrected chi connectivity index (χ2v) is 6.22. The Morgan fingerprint density at radius 3 is 2.41 bits per heavy atom. The fourth-order valence-electron chi connectivity index (χ4n) is 2.47. The predicted molar refractivity (Wildman–Crippen MR) is 110 cm³/mol. The predicted octanol–water partition coefficient (Wildman–Crippen LogP) is 2.80. The SMILES string of the molecule is C#CCOC(C(=O)NCC(=O)Nc1ccc(OC)c(OC)c1)c1ccc(Cl)cc1. The number of nitrogens with one attached hydrogen (secondary N) is 2. The van der Waals surface area contributed by atoms with Gasteiger partial charge in [0.1, 0.15) is 6.61 Å². The van der Waals surface area contributed by atoms with Gasteiger partial charge in [-0.25, -0.2) is 0 Å². The second-order valence-electron chi connectivity index (χ2n) is 5.78. The zero-order chi connectivity index (χ0) is 21.2. The normalized spacial score (nSPS) is 11.1. The number of hydrogen-bond acceptors (Lipinski definition) is 5. The van der Waals surface area contributed by atoms with Gasteiger partial charge in [-0.3, -0.25) is 9.59 Å². The minimum Gasteiger partial charge on any atom is -0.493 e. The molecule has 0 aromatic heterocycles. The Kier molecular flexibility index (Phi) is 8.34. The Morgan fingerprint density at radius 2 is 1.79 bits per heavy atom. The highest BCUT2D eigenvalue weighted by Gasteiger charge is 2.22. The van der Waals surface area contributed by atoms with Crippen molar-refractivity contribution in [2.24, 2.45) is 0 Å². The molecule has 2 rings (SSSR count). The zero-order valence-electron chi connectivity index (χ0n) is 16.0. The van der Waals surface area contributed by atoms with Crippen LogP contribution in [-0.4, -0.2) is 39.2 Å². The van der Waals surface area contributed by atoms with Gasteiger partial charge in [-0.05, 0) is 29.8 Å². The maximum Gasteiger partial charge on any atom is 0.254 e. The van der Waals surface area contributed by atoms with E-state index in [4.69, 9.17) is 32.2 Å². The standard InChI is InChI=1S/C21H21ClN2O5/c1-4-11-29-20(14-5-7-15(22)8-6-14)21(26)23-13-19(25)24-16-9-10-17(27-2)18(12-16)28-3/h1,5-10,12,20H,11,13H2,2-3H3,(H,23,26)(H,24,25). The van der Waals surface area contributed by atoms with E-state index in [0.29, 0.717) is 27.8 Å². The molecule has 0 saturated heterocycles. The van der Waals surface area contributed by atoms with Crippen LogP contribution in [0.2, 0.25) is 5.02 Å². The first-order valence-electron chi connectivity index (χ1n) is 8.58. The van der Waals surface area contributed by atoms with Crippen LogP contribution < -0.4 is 20.1 Å². The van der Waals surface area contributed by atoms with Gasteiger partial charge in [0.15, 0.2) is 17.6 Å². The molecule has 2 amide bonds. The van der Waals surface area contributed by atoms with Crippen molar-refractivity contribution in [2.45, 2.75) is 6.10 Å². The lowest BCUT2D eigenvalue weighted by Crippen LogP contribution is -2.37. The number of hydrogen-bond donors (Lipinski definition) is 2. The van der Waals surface area contributed by atoms with Crippen molar-refractivity contribution >= 4 is 29.1 Å². The molecule has 2 N–H and O–H groups in total. The summed E-state index contributed by atoms with van der Waals surface area (Å²) >= 11 is 5.88. The van der Waals surface area contributed by atoms with Crippen LogP contribution in [0.5, 0.6) is 11.5 Å². The number of carbonyl (C=O) groups is 2. The fourth-order valence-corrected chi connectivity index (χ4v) is 2.60. The van der Waals surface area contributed by atoms with Crippen molar-refractivity contribution in [2.75, 3.05) is 32.7 Å². The van der Waals surface area contributed by atoms with Crippen molar-refractivity contribution < 1.29 is 23.8 Å². The highest BCUT2D eigenvalue weighted by atomic mass is 35.5. The van der Waals surface area contributed by atoms with Crippen LogP contribution in [0.25, 0.3) is 0 Å². The first-order chi connectivity index (χ1) is 14.0. The van der Waals surface area contributed by atoms with Crippen LogP contribution >= 0.6 is 11.6 Å². The minimum atomic E-state index is -0.961. The minimum absolute atomic E-state index is 0.0570. The molecule has 0 aliphatic heterocycles. The third-order valence-electron chi connectivity index (χ3n) is 3.83. The third-order valence-corrected chi connectivity index (χ3v) is 4.09. The molecule has 0 aliphatic rings. The molecular formula is C21H21ClN2O5. The van der Waals surface area contributed by atoms with E-state index >= 15 is 0 Å². The molecule has 8 heteroatoms. The molecule has 0 saturated carbocycles. The number of rotatable bonds is 9. The number of amides is 2. The highest BCUT2D eigenvalue weighted by Crippen LogP contribution is 2.29. The molecule has 2 aromatic carbocycles. The van der Waals surface area contributed by atoms with Crippen LogP contribution in [0.4, 0.5) is 5.69 Å². The molecule has 0 radical (unpaired) electrons. The first kappa shape index (κ1) is 22.1. The van der Waals surface area contributed by atoms with E-state index in [9.17, 15) is 9.59 Å². The molecule has 1 atom stereocenters. The van der Waals surface area contributed by atoms with E-state index in [2.05, 4.69) is 16.6 Å². The average molecular weight is 417 g/mol. The lowest BCUT2D eigenvalue weighted by atomic mass is 10.1. The largest absolute Gasteiger partial charge is 0.493 e. The van der Waals surface area contributed by atoms with Crippen LogP contribution in [0.1, 0.15) is 11.7 Å². The van der Waals surface area contributed by atoms with E-state index in [-0.39, 0.29) is 13.2 Å². The van der Waals surface area contributed by atoms with E-state index in [1.165, 1.54) is 14.2 Å². The molecule has 0 aliphatic carbocycles. The Bertz CT molecular complexity index is 893. The number of terminal acetylenes is 1. The van der Waals surface area contributed by atoms with Gasteiger partial charge in [-0.2, -0.15) is 0 Å². The number of benzene rings is 2. The molecule has 0 fully saturated rings. The smallest absolute Gasteiger partial charge is 0.254 e. The van der Waals surface area contributed by atoms with Gasteiger partial charge in [-0.1, -0.05) is 29.7 Å². The molecule has 0 bridgehead atoms. The maximum atomic E-state index is 12.5. The number of carbonyl (C=O) groups excluding carboxylic acids is 2. The topological polar surface area (TPSA) is 85.9 Å². The molecule has 0 heterocycles. The summed E-state index contributed by atoms with van der Waals surface area (Å²) in [5.74, 6) is 2.42. The summed E-state index contributed by atoms with van der Waals surface area (Å²) in [7, 11) is 3.02. The third kappa shape index (κ3) is 6.42. The second kappa shape index (κ2) is 11.0. The summed E-state index contributed by atoms with van der Waals surface area (Å²) in [5.41, 5.74) is 1.07. The number of ether oxygens (including phenoxy) is 3. The molecule has 2 aromatic rings. The Hall–Kier alpha value is -3.21. The van der Waals surface area contributed by atoms with Gasteiger partial charge in [-0.15, -0.1) is 6.42 Å². The lowest BCUT2D eigenvalue weighted by molar-refractivity contribution is -0.133. The van der Waals surface area contributed by atoms with Gasteiger partial charge >= 0.3 is 0 Å². The quantitative estimate of drug-likeness (QED) is 0.614. The number of anilines is 1. The van der Waals surface area contributed by atoms with Gasteiger partial charge in [0.05, 0.1) is 20.8 Å². The molecule has 29 heavy (non-hydrogen) atoms. The lowest BCUT2D eigenvalue weighted by Gasteiger charge is -2.17. The van der Waals surface area contributed by atoms with Gasteiger partial charge in [0, 0.05) is 16.8 Å². The summed E-state index contributed by atoms with van der Waals surface area (Å²) in [6.07, 6.45) is 4.26. The van der Waals surface area contributed by atoms with E-state index in [1.54, 1.807) is 42.5 Å². The molecule has 1 unspecified atom stereocenters. The van der Waals surface area contributed by atoms with Gasteiger partial charge < -0.3 is 24.8 Å². The van der Waals surface area contributed by atoms with Crippen molar-refractivity contribution in [3.8, 4) is 23.8 Å². The van der Waals surface area contributed by atoms with Crippen LogP contribution in [-0.2, 0) is 14.3 Å². The summed E-state index contributed by atoms with van der Waals surface area (Å²) in [6.45, 7) is -0.310. The molecule has 0 spiro atoms. The van der Waals surface area contributed by atoms with Gasteiger partial charge in [0.2, 0.25) is 5.91 Å². The fraction of sp³-hybridized carbons (Fsp3) is 0.238. The number of halogens is 1. The van der Waals surface area contributed by atoms with E-state index in [1.807, 2.05) is 0 Å². The summed E-state index contributed by atoms with van der Waals surface area (Å²) < 4.78 is 15.8. The van der Waals surface area contributed by atoms with Gasteiger partial charge in [0.25, 0.3) is 5.91 Å². The molecule has 152 valence electrons. The maximum absolute atomic E-state index is 12.5. The molecule has 7 nitrogen and oxygen atoms in total. The average Bonchev–Trinajstić information content (AvgIpc) is 2.73. The van der Waals surface area contributed by atoms with E-state index < -0.39 is 17.9 Å². The van der Waals surface area contributed by atoms with Crippen molar-refractivity contribution in [1.29, 1.82) is 0 Å². The van der Waals surface area contributed by atoms with Crippen LogP contribution in [0.3, 0.4) is 0 Å². The summed E-state index contributed by atoms with van der Waals surface area (Å²) in [5, 5.41) is 5.74. The van der Waals surface area contributed by atoms with Crippen LogP contribution in [0, 0.1) is 12.3 Å². The number of methoxy groups -OCH3 is 2. The highest BCUT2D eigenvalue weighted by molar-refractivity contribution is 6.30. The van der Waals surface area contributed by atoms with Crippen molar-refractivity contribution in [3.63, 3.8) is 0 Å². The molecular weight excluding hydrogens is 396 g/mol. The summed E-state index contributed by atoms with van der Waals surface area (Å²) in [4.78, 5) is 24.7. The summed E-state index contributed by atoms with van der Waals surface area (Å²) in [6, 6.07) is 11.5. The van der Waals surface area contributed by atoms with Crippen molar-refractivity contribution in [3.05, 3.63) is 53.1 Å². The Morgan fingerprint density at radius 1 is 1.10 bits per heavy atom. The first-order valence-corrected chi connectivity index (χ1v) is 8.96. The Balaban J connectivity index is 1.99. The zero-order valence-corrected chi connectivity index (χ0v) is 16.8. The Labute approximate surface area is 174 Å². The van der Waals surface area contributed by atoms with E-state index in [0.717, 1.165) is 0 Å². The van der Waals surface area contributed by atoms with Crippen LogP contribution in [0.15, 0.2) is 42.5 Å². The van der Waals surface area contributed by atoms with Crippen molar-refractivity contribution in [1.82, 2.24) is 5.32 Å². The monoisotopic (exact) mass is 416 g/mol.